The van der Waals surface area contributed by atoms with Gasteiger partial charge in [0.05, 0.1) is 18.0 Å². The highest BCUT2D eigenvalue weighted by Crippen LogP contribution is 2.53. The number of carbonyl (C=O) groups excluding carboxylic acids is 1. The topological polar surface area (TPSA) is 124 Å². The van der Waals surface area contributed by atoms with Crippen LogP contribution < -0.4 is 20.9 Å². The molecule has 0 saturated heterocycles. The fourth-order valence-electron chi connectivity index (χ4n) is 6.85. The summed E-state index contributed by atoms with van der Waals surface area (Å²) in [6.07, 6.45) is 7.55. The van der Waals surface area contributed by atoms with Gasteiger partial charge in [-0.25, -0.2) is 9.97 Å². The van der Waals surface area contributed by atoms with Gasteiger partial charge in [0.2, 0.25) is 5.91 Å². The number of anilines is 2. The number of rotatable bonds is 9. The molecule has 10 heteroatoms. The zero-order chi connectivity index (χ0) is 27.1. The summed E-state index contributed by atoms with van der Waals surface area (Å²) in [4.78, 5) is 24.0. The predicted octanol–water partition coefficient (Wildman–Crippen LogP) is 3.10. The van der Waals surface area contributed by atoms with Gasteiger partial charge in [-0.3, -0.25) is 9.48 Å². The van der Waals surface area contributed by atoms with Crippen molar-refractivity contribution in [1.82, 2.24) is 30.4 Å². The van der Waals surface area contributed by atoms with Gasteiger partial charge in [0.1, 0.15) is 17.2 Å². The summed E-state index contributed by atoms with van der Waals surface area (Å²) in [5.74, 6) is 1.68. The van der Waals surface area contributed by atoms with E-state index in [1.54, 1.807) is 6.92 Å². The van der Waals surface area contributed by atoms with Crippen molar-refractivity contribution in [1.29, 1.82) is 5.41 Å². The molecule has 10 nitrogen and oxygen atoms in total. The number of aryl methyl sites for hydroxylation is 2. The Bertz CT molecular complexity index is 1210. The minimum absolute atomic E-state index is 0.0113. The second-order valence-corrected chi connectivity index (χ2v) is 11.6. The number of amides is 1. The molecule has 6 rings (SSSR count). The Labute approximate surface area is 225 Å². The van der Waals surface area contributed by atoms with Crippen molar-refractivity contribution in [2.24, 2.45) is 5.41 Å². The van der Waals surface area contributed by atoms with E-state index in [0.29, 0.717) is 23.8 Å². The van der Waals surface area contributed by atoms with E-state index in [1.807, 2.05) is 20.9 Å². The monoisotopic (exact) mass is 521 g/mol. The fourth-order valence-corrected chi connectivity index (χ4v) is 6.85. The molecule has 0 atom stereocenters. The van der Waals surface area contributed by atoms with Gasteiger partial charge in [-0.15, -0.1) is 0 Å². The number of aromatic nitrogens is 4. The van der Waals surface area contributed by atoms with E-state index in [1.165, 1.54) is 11.3 Å². The van der Waals surface area contributed by atoms with Crippen molar-refractivity contribution in [3.8, 4) is 0 Å². The van der Waals surface area contributed by atoms with Crippen molar-refractivity contribution < 1.29 is 4.79 Å². The molecule has 3 fully saturated rings. The van der Waals surface area contributed by atoms with Crippen molar-refractivity contribution >= 4 is 23.1 Å². The Morgan fingerprint density at radius 2 is 1.82 bits per heavy atom. The number of hydrogen-bond acceptors (Lipinski definition) is 8. The number of fused-ring (bicyclic) bond motifs is 4. The molecule has 2 bridgehead atoms. The van der Waals surface area contributed by atoms with Crippen LogP contribution in [0.1, 0.15) is 80.8 Å². The van der Waals surface area contributed by atoms with Crippen LogP contribution in [0, 0.1) is 24.7 Å². The van der Waals surface area contributed by atoms with Gasteiger partial charge < -0.3 is 26.3 Å². The second-order valence-electron chi connectivity index (χ2n) is 11.6. The minimum atomic E-state index is -0.0113. The van der Waals surface area contributed by atoms with Gasteiger partial charge in [0.25, 0.3) is 0 Å². The van der Waals surface area contributed by atoms with Crippen molar-refractivity contribution in [3.63, 3.8) is 0 Å². The molecule has 0 unspecified atom stereocenters. The third-order valence-corrected chi connectivity index (χ3v) is 9.07. The predicted molar refractivity (Wildman–Crippen MR) is 150 cm³/mol. The van der Waals surface area contributed by atoms with E-state index >= 15 is 0 Å². The zero-order valence-electron chi connectivity index (χ0n) is 23.6. The van der Waals surface area contributed by atoms with Crippen LogP contribution in [-0.4, -0.2) is 63.6 Å². The summed E-state index contributed by atoms with van der Waals surface area (Å²) >= 11 is 0. The van der Waals surface area contributed by atoms with E-state index in [-0.39, 0.29) is 16.9 Å². The third kappa shape index (κ3) is 4.90. The Hall–Kier alpha value is -3.01. The molecular formula is C28H43N9O. The van der Waals surface area contributed by atoms with E-state index in [2.05, 4.69) is 37.4 Å². The molecule has 1 aliphatic heterocycles. The van der Waals surface area contributed by atoms with Crippen LogP contribution in [-0.2, 0) is 24.3 Å². The normalized spacial score (nSPS) is 24.3. The van der Waals surface area contributed by atoms with Crippen LogP contribution in [0.15, 0.2) is 0 Å². The first kappa shape index (κ1) is 26.6. The van der Waals surface area contributed by atoms with Crippen molar-refractivity contribution in [2.45, 2.75) is 91.3 Å². The van der Waals surface area contributed by atoms with Gasteiger partial charge in [-0.05, 0) is 71.3 Å². The van der Waals surface area contributed by atoms with Gasteiger partial charge in [-0.2, -0.15) is 5.10 Å². The molecule has 38 heavy (non-hydrogen) atoms. The second kappa shape index (κ2) is 10.3. The largest absolute Gasteiger partial charge is 0.383 e. The summed E-state index contributed by atoms with van der Waals surface area (Å²) < 4.78 is 2.31. The average molecular weight is 522 g/mol. The summed E-state index contributed by atoms with van der Waals surface area (Å²) in [6.45, 7) is 11.6. The Morgan fingerprint density at radius 3 is 2.45 bits per heavy atom. The molecule has 4 aliphatic rings. The molecule has 3 heterocycles. The van der Waals surface area contributed by atoms with Crippen LogP contribution in [0.3, 0.4) is 0 Å². The number of nitrogens with one attached hydrogen (secondary N) is 4. The van der Waals surface area contributed by atoms with E-state index in [4.69, 9.17) is 15.5 Å². The lowest BCUT2D eigenvalue weighted by molar-refractivity contribution is -0.124. The van der Waals surface area contributed by atoms with Gasteiger partial charge in [-0.1, -0.05) is 6.92 Å². The number of nitrogens with zero attached hydrogens (tertiary/aromatic N) is 5. The molecule has 0 spiro atoms. The molecule has 1 amide bonds. The quantitative estimate of drug-likeness (QED) is 0.374. The molecule has 206 valence electrons. The first-order valence-electron chi connectivity index (χ1n) is 14.1. The molecule has 3 aliphatic carbocycles. The molecule has 0 radical (unpaired) electrons. The molecular weight excluding hydrogens is 478 g/mol. The van der Waals surface area contributed by atoms with Crippen LogP contribution in [0.5, 0.6) is 0 Å². The Morgan fingerprint density at radius 1 is 1.11 bits per heavy atom. The van der Waals surface area contributed by atoms with Gasteiger partial charge >= 0.3 is 0 Å². The maximum atomic E-state index is 12.4. The number of carbonyl (C=O) groups is 1. The van der Waals surface area contributed by atoms with Crippen LogP contribution in [0.4, 0.5) is 11.5 Å². The molecule has 0 aromatic carbocycles. The number of hydrogen-bond donors (Lipinski definition) is 4. The maximum absolute atomic E-state index is 12.4. The standard InChI is InChI=1S/C28H43N9O/c1-6-31-15-23(38)34-28-11-8-27(9-12-28,10-13-28)17-37-22-7-14-36(16-21(22)19(3)35-37)26-25(30-5)24(18(2)29)32-20(4)33-26/h29-31H,6-17H2,1-5H3,(H,34,38). The SMILES string of the molecule is CCNCC(=O)NC12CCC(Cn3nc(C)c4c3CCN(c3nc(C)nc(C(C)=N)c3NC)C4)(CC1)CC2. The zero-order valence-corrected chi connectivity index (χ0v) is 23.6. The van der Waals surface area contributed by atoms with Crippen molar-refractivity contribution in [3.05, 3.63) is 28.5 Å². The van der Waals surface area contributed by atoms with E-state index < -0.39 is 0 Å². The summed E-state index contributed by atoms with van der Waals surface area (Å²) in [5.41, 5.74) is 5.93. The third-order valence-electron chi connectivity index (χ3n) is 9.07. The smallest absolute Gasteiger partial charge is 0.234 e. The van der Waals surface area contributed by atoms with Crippen molar-refractivity contribution in [2.75, 3.05) is 36.9 Å². The maximum Gasteiger partial charge on any atom is 0.234 e. The Balaban J connectivity index is 1.31. The van der Waals surface area contributed by atoms with Crippen LogP contribution in [0.25, 0.3) is 0 Å². The van der Waals surface area contributed by atoms with E-state index in [9.17, 15) is 4.79 Å². The lowest BCUT2D eigenvalue weighted by Gasteiger charge is -2.53. The summed E-state index contributed by atoms with van der Waals surface area (Å²) in [6, 6.07) is 0. The molecule has 2 aromatic rings. The highest BCUT2D eigenvalue weighted by Gasteiger charge is 2.49. The van der Waals surface area contributed by atoms with Crippen LogP contribution >= 0.6 is 0 Å². The molecule has 3 saturated carbocycles. The van der Waals surface area contributed by atoms with Gasteiger partial charge in [0.15, 0.2) is 5.82 Å². The summed E-state index contributed by atoms with van der Waals surface area (Å²) in [7, 11) is 1.87. The first-order valence-corrected chi connectivity index (χ1v) is 14.1. The molecule has 4 N–H and O–H groups in total. The van der Waals surface area contributed by atoms with Crippen LogP contribution in [0.2, 0.25) is 0 Å². The highest BCUT2D eigenvalue weighted by atomic mass is 16.2. The minimum Gasteiger partial charge on any atom is -0.383 e. The lowest BCUT2D eigenvalue weighted by atomic mass is 9.57. The first-order chi connectivity index (χ1) is 18.2. The molecule has 2 aromatic heterocycles. The van der Waals surface area contributed by atoms with Gasteiger partial charge in [0, 0.05) is 49.9 Å². The fraction of sp³-hybridized carbons (Fsp3) is 0.679. The Kier molecular flexibility index (Phi) is 7.19. The summed E-state index contributed by atoms with van der Waals surface area (Å²) in [5, 5.41) is 23.0. The highest BCUT2D eigenvalue weighted by molar-refractivity contribution is 6.01. The average Bonchev–Trinajstić information content (AvgIpc) is 3.21. The number of likely N-dealkylation sites (N-methyl/N-ethyl adjacent to an activating group) is 1. The van der Waals surface area contributed by atoms with E-state index in [0.717, 1.165) is 88.3 Å². The lowest BCUT2D eigenvalue weighted by Crippen LogP contribution is -2.58.